The first-order valence-electron chi connectivity index (χ1n) is 9.56. The molecule has 136 valence electrons. The van der Waals surface area contributed by atoms with Crippen LogP contribution in [-0.4, -0.2) is 61.1 Å². The van der Waals surface area contributed by atoms with Crippen LogP contribution < -0.4 is 0 Å². The molecule has 0 unspecified atom stereocenters. The lowest BCUT2D eigenvalue weighted by Crippen LogP contribution is -2.50. The smallest absolute Gasteiger partial charge is 0.233 e. The molecule has 4 nitrogen and oxygen atoms in total. The Hall–Kier alpha value is -1.46. The summed E-state index contributed by atoms with van der Waals surface area (Å²) in [4.78, 5) is 18.1. The summed E-state index contributed by atoms with van der Waals surface area (Å²) in [5.74, 6) is -0.0437. The second-order valence-electron chi connectivity index (χ2n) is 7.64. The Morgan fingerprint density at radius 2 is 1.76 bits per heavy atom. The lowest BCUT2D eigenvalue weighted by molar-refractivity contribution is -0.140. The third kappa shape index (κ3) is 3.20. The SMILES string of the molecule is O=C(N1CC[C@@H](N2CCCC2)C1)C1(c2ccc(F)cc2)CCOCC1. The summed E-state index contributed by atoms with van der Waals surface area (Å²) >= 11 is 0. The van der Waals surface area contributed by atoms with E-state index >= 15 is 0 Å². The summed E-state index contributed by atoms with van der Waals surface area (Å²) in [6, 6.07) is 7.02. The van der Waals surface area contributed by atoms with E-state index in [-0.39, 0.29) is 11.7 Å². The minimum absolute atomic E-state index is 0.212. The first kappa shape index (κ1) is 17.0. The number of carbonyl (C=O) groups is 1. The average molecular weight is 346 g/mol. The van der Waals surface area contributed by atoms with Gasteiger partial charge in [0.05, 0.1) is 5.41 Å². The van der Waals surface area contributed by atoms with Gasteiger partial charge in [0.2, 0.25) is 5.91 Å². The maximum absolute atomic E-state index is 13.5. The van der Waals surface area contributed by atoms with Crippen molar-refractivity contribution in [3.8, 4) is 0 Å². The van der Waals surface area contributed by atoms with Crippen LogP contribution in [-0.2, 0) is 14.9 Å². The van der Waals surface area contributed by atoms with Gasteiger partial charge in [-0.05, 0) is 62.9 Å². The van der Waals surface area contributed by atoms with Crippen molar-refractivity contribution in [1.82, 2.24) is 9.80 Å². The molecule has 3 aliphatic heterocycles. The van der Waals surface area contributed by atoms with Crippen molar-refractivity contribution in [3.63, 3.8) is 0 Å². The highest BCUT2D eigenvalue weighted by atomic mass is 19.1. The molecule has 0 aromatic heterocycles. The van der Waals surface area contributed by atoms with Gasteiger partial charge in [-0.15, -0.1) is 0 Å². The van der Waals surface area contributed by atoms with Gasteiger partial charge < -0.3 is 9.64 Å². The zero-order valence-corrected chi connectivity index (χ0v) is 14.8. The van der Waals surface area contributed by atoms with Crippen LogP contribution >= 0.6 is 0 Å². The number of hydrogen-bond donors (Lipinski definition) is 0. The van der Waals surface area contributed by atoms with Crippen molar-refractivity contribution in [3.05, 3.63) is 35.6 Å². The summed E-state index contributed by atoms with van der Waals surface area (Å²) in [7, 11) is 0. The molecule has 0 saturated carbocycles. The van der Waals surface area contributed by atoms with E-state index in [4.69, 9.17) is 4.74 Å². The third-order valence-electron chi connectivity index (χ3n) is 6.26. The fraction of sp³-hybridized carbons (Fsp3) is 0.650. The van der Waals surface area contributed by atoms with E-state index in [1.807, 2.05) is 0 Å². The second-order valence-corrected chi connectivity index (χ2v) is 7.64. The molecule has 5 heteroatoms. The highest BCUT2D eigenvalue weighted by molar-refractivity contribution is 5.88. The highest BCUT2D eigenvalue weighted by Crippen LogP contribution is 2.38. The van der Waals surface area contributed by atoms with Gasteiger partial charge in [0.25, 0.3) is 0 Å². The van der Waals surface area contributed by atoms with E-state index in [9.17, 15) is 9.18 Å². The summed E-state index contributed by atoms with van der Waals surface area (Å²) in [5, 5.41) is 0. The predicted molar refractivity (Wildman–Crippen MR) is 93.9 cm³/mol. The number of likely N-dealkylation sites (tertiary alicyclic amines) is 2. The van der Waals surface area contributed by atoms with Crippen molar-refractivity contribution in [2.75, 3.05) is 39.4 Å². The second kappa shape index (κ2) is 7.04. The maximum Gasteiger partial charge on any atom is 0.233 e. The van der Waals surface area contributed by atoms with E-state index in [0.717, 1.165) is 25.1 Å². The fourth-order valence-corrected chi connectivity index (χ4v) is 4.75. The summed E-state index contributed by atoms with van der Waals surface area (Å²) < 4.78 is 18.9. The van der Waals surface area contributed by atoms with Gasteiger partial charge in [0, 0.05) is 32.3 Å². The van der Waals surface area contributed by atoms with Crippen LogP contribution in [0.4, 0.5) is 4.39 Å². The van der Waals surface area contributed by atoms with Crippen LogP contribution in [0.2, 0.25) is 0 Å². The molecule has 3 heterocycles. The molecular weight excluding hydrogens is 319 g/mol. The summed E-state index contributed by atoms with van der Waals surface area (Å²) in [5.41, 5.74) is 0.387. The van der Waals surface area contributed by atoms with Gasteiger partial charge in [-0.2, -0.15) is 0 Å². The monoisotopic (exact) mass is 346 g/mol. The molecule has 1 aromatic carbocycles. The molecule has 25 heavy (non-hydrogen) atoms. The minimum Gasteiger partial charge on any atom is -0.381 e. The molecule has 0 N–H and O–H groups in total. The standard InChI is InChI=1S/C20H27FN2O2/c21-17-5-3-16(4-6-17)20(8-13-25-14-9-20)19(24)23-12-7-18(15-23)22-10-1-2-11-22/h3-6,18H,1-2,7-15H2/t18-/m1/s1. The minimum atomic E-state index is -0.550. The van der Waals surface area contributed by atoms with Gasteiger partial charge in [0.15, 0.2) is 0 Å². The van der Waals surface area contributed by atoms with Gasteiger partial charge in [-0.1, -0.05) is 12.1 Å². The molecule has 0 radical (unpaired) electrons. The molecule has 4 rings (SSSR count). The molecule has 1 amide bonds. The Labute approximate surface area is 148 Å². The van der Waals surface area contributed by atoms with Crippen molar-refractivity contribution >= 4 is 5.91 Å². The number of nitrogens with zero attached hydrogens (tertiary/aromatic N) is 2. The molecule has 0 aliphatic carbocycles. The first-order chi connectivity index (χ1) is 12.2. The Morgan fingerprint density at radius 3 is 2.44 bits per heavy atom. The van der Waals surface area contributed by atoms with Gasteiger partial charge >= 0.3 is 0 Å². The van der Waals surface area contributed by atoms with Crippen molar-refractivity contribution < 1.29 is 13.9 Å². The van der Waals surface area contributed by atoms with Crippen molar-refractivity contribution in [1.29, 1.82) is 0 Å². The normalized spacial score (nSPS) is 26.9. The molecule has 1 aromatic rings. The zero-order valence-electron chi connectivity index (χ0n) is 14.8. The highest BCUT2D eigenvalue weighted by Gasteiger charge is 2.46. The van der Waals surface area contributed by atoms with Crippen molar-refractivity contribution in [2.24, 2.45) is 0 Å². The van der Waals surface area contributed by atoms with Crippen molar-refractivity contribution in [2.45, 2.75) is 43.6 Å². The van der Waals surface area contributed by atoms with E-state index in [1.54, 1.807) is 12.1 Å². The van der Waals surface area contributed by atoms with Crippen LogP contribution in [0.25, 0.3) is 0 Å². The van der Waals surface area contributed by atoms with E-state index < -0.39 is 5.41 Å². The quantitative estimate of drug-likeness (QED) is 0.843. The Balaban J connectivity index is 1.55. The Morgan fingerprint density at radius 1 is 1.08 bits per heavy atom. The van der Waals surface area contributed by atoms with Gasteiger partial charge in [-0.3, -0.25) is 9.69 Å². The van der Waals surface area contributed by atoms with Crippen LogP contribution in [0.15, 0.2) is 24.3 Å². The topological polar surface area (TPSA) is 32.8 Å². The summed E-state index contributed by atoms with van der Waals surface area (Å²) in [6.07, 6.45) is 5.00. The van der Waals surface area contributed by atoms with Crippen LogP contribution in [0.1, 0.15) is 37.7 Å². The summed E-state index contributed by atoms with van der Waals surface area (Å²) in [6.45, 7) is 5.19. The molecule has 3 aliphatic rings. The molecule has 0 spiro atoms. The maximum atomic E-state index is 13.5. The van der Waals surface area contributed by atoms with Gasteiger partial charge in [-0.25, -0.2) is 4.39 Å². The third-order valence-corrected chi connectivity index (χ3v) is 6.26. The number of halogens is 1. The van der Waals surface area contributed by atoms with E-state index in [1.165, 1.54) is 38.1 Å². The fourth-order valence-electron chi connectivity index (χ4n) is 4.75. The van der Waals surface area contributed by atoms with Gasteiger partial charge in [0.1, 0.15) is 5.82 Å². The lowest BCUT2D eigenvalue weighted by atomic mass is 9.73. The molecule has 3 fully saturated rings. The number of ether oxygens (including phenoxy) is 1. The number of carbonyl (C=O) groups excluding carboxylic acids is 1. The van der Waals surface area contributed by atoms with Crippen LogP contribution in [0.3, 0.4) is 0 Å². The Bertz CT molecular complexity index is 607. The number of benzene rings is 1. The predicted octanol–water partition coefficient (Wildman–Crippen LogP) is 2.57. The number of rotatable bonds is 3. The van der Waals surface area contributed by atoms with E-state index in [2.05, 4.69) is 9.80 Å². The molecule has 0 bridgehead atoms. The molecule has 3 saturated heterocycles. The average Bonchev–Trinajstić information content (AvgIpc) is 3.33. The molecule has 1 atom stereocenters. The number of hydrogen-bond acceptors (Lipinski definition) is 3. The van der Waals surface area contributed by atoms with E-state index in [0.29, 0.717) is 32.1 Å². The number of amides is 1. The van der Waals surface area contributed by atoms with Crippen LogP contribution in [0, 0.1) is 5.82 Å². The Kier molecular flexibility index (Phi) is 4.78. The largest absolute Gasteiger partial charge is 0.381 e. The molecular formula is C20H27FN2O2. The zero-order chi connectivity index (χ0) is 17.3. The van der Waals surface area contributed by atoms with Crippen LogP contribution in [0.5, 0.6) is 0 Å². The lowest BCUT2D eigenvalue weighted by Gasteiger charge is -2.39. The first-order valence-corrected chi connectivity index (χ1v) is 9.56.